The molecule has 0 spiro atoms. The molecule has 0 unspecified atom stereocenters. The summed E-state index contributed by atoms with van der Waals surface area (Å²) in [5.41, 5.74) is 22.7. The number of fused-ring (bicyclic) bond motifs is 4. The maximum atomic E-state index is 12.9. The molecule has 111 heavy (non-hydrogen) atoms. The largest absolute Gasteiger partial charge is 0.443 e. The molecule has 19 nitrogen and oxygen atoms in total. The van der Waals surface area contributed by atoms with Gasteiger partial charge in [0.2, 0.25) is 17.7 Å². The zero-order valence-electron chi connectivity index (χ0n) is 64.9. The maximum absolute atomic E-state index is 12.9. The lowest BCUT2D eigenvalue weighted by molar-refractivity contribution is -0.119. The van der Waals surface area contributed by atoms with Gasteiger partial charge in [0.1, 0.15) is 18.1 Å². The average molecular weight is 1490 g/mol. The van der Waals surface area contributed by atoms with E-state index in [2.05, 4.69) is 173 Å². The van der Waals surface area contributed by atoms with Crippen molar-refractivity contribution in [1.82, 2.24) is 5.16 Å². The Morgan fingerprint density at radius 2 is 0.784 bits per heavy atom. The highest BCUT2D eigenvalue weighted by Gasteiger charge is 2.29. The molecule has 4 amide bonds. The van der Waals surface area contributed by atoms with Gasteiger partial charge >= 0.3 is 6.09 Å². The number of aliphatic imine (C=N–C) groups is 4. The number of rotatable bonds is 26. The van der Waals surface area contributed by atoms with Crippen molar-refractivity contribution < 1.29 is 28.4 Å². The number of nitrogens with zero attached hydrogens (tertiary/aromatic N) is 13. The van der Waals surface area contributed by atoms with Crippen LogP contribution in [0, 0.1) is 6.92 Å². The van der Waals surface area contributed by atoms with Gasteiger partial charge in [-0.3, -0.25) is 39.3 Å². The van der Waals surface area contributed by atoms with Crippen LogP contribution in [-0.2, 0) is 70.7 Å². The van der Waals surface area contributed by atoms with Crippen LogP contribution in [0.15, 0.2) is 241 Å². The molecule has 8 aliphatic rings. The molecule has 7 aromatic carbocycles. The van der Waals surface area contributed by atoms with E-state index in [1.54, 1.807) is 20.0 Å². The van der Waals surface area contributed by atoms with Crippen LogP contribution in [0.2, 0.25) is 0 Å². The van der Waals surface area contributed by atoms with Gasteiger partial charge in [0.15, 0.2) is 0 Å². The molecule has 0 bridgehead atoms. The summed E-state index contributed by atoms with van der Waals surface area (Å²) in [6.45, 7) is 17.4. The average Bonchev–Trinajstić information content (AvgIpc) is 1.70. The van der Waals surface area contributed by atoms with Crippen LogP contribution < -0.4 is 39.2 Å². The molecule has 0 saturated heterocycles. The molecule has 0 radical (unpaired) electrons. The van der Waals surface area contributed by atoms with Crippen molar-refractivity contribution >= 4 is 94.2 Å². The Balaban J connectivity index is 0.000000130. The first-order valence-electron chi connectivity index (χ1n) is 39.6. The van der Waals surface area contributed by atoms with Crippen molar-refractivity contribution in [2.45, 2.75) is 124 Å². The summed E-state index contributed by atoms with van der Waals surface area (Å²) in [6, 6.07) is 57.8. The second-order valence-electron chi connectivity index (χ2n) is 28.9. The molecule has 0 N–H and O–H groups in total. The predicted molar refractivity (Wildman–Crippen MR) is 452 cm³/mol. The number of amides is 4. The third-order valence-corrected chi connectivity index (χ3v) is 21.4. The molecule has 19 heteroatoms. The number of benzene rings is 7. The minimum atomic E-state index is -0.428. The van der Waals surface area contributed by atoms with Crippen LogP contribution in [0.25, 0.3) is 0 Å². The third-order valence-electron chi connectivity index (χ3n) is 21.4. The van der Waals surface area contributed by atoms with E-state index in [0.717, 1.165) is 180 Å². The van der Waals surface area contributed by atoms with E-state index >= 15 is 0 Å². The van der Waals surface area contributed by atoms with Gasteiger partial charge in [0, 0.05) is 168 Å². The highest BCUT2D eigenvalue weighted by Crippen LogP contribution is 2.38. The van der Waals surface area contributed by atoms with Crippen molar-refractivity contribution in [3.8, 4) is 0 Å². The van der Waals surface area contributed by atoms with Gasteiger partial charge in [-0.2, -0.15) is 0 Å². The number of anilines is 8. The molecule has 9 heterocycles. The van der Waals surface area contributed by atoms with Gasteiger partial charge in [-0.25, -0.2) is 4.79 Å². The molecule has 16 rings (SSSR count). The van der Waals surface area contributed by atoms with Gasteiger partial charge in [0.05, 0.1) is 55.4 Å². The smallest absolute Gasteiger partial charge is 0.414 e. The molecule has 572 valence electrons. The van der Waals surface area contributed by atoms with Gasteiger partial charge in [-0.1, -0.05) is 145 Å². The normalized spacial score (nSPS) is 14.9. The van der Waals surface area contributed by atoms with Gasteiger partial charge in [-0.15, -0.1) is 0 Å². The Bertz CT molecular complexity index is 4830. The Morgan fingerprint density at radius 1 is 0.423 bits per heavy atom. The van der Waals surface area contributed by atoms with Crippen molar-refractivity contribution in [1.29, 1.82) is 0 Å². The second-order valence-corrected chi connectivity index (χ2v) is 28.9. The van der Waals surface area contributed by atoms with E-state index in [9.17, 15) is 19.2 Å². The number of likely N-dealkylation sites (N-methyl/N-ethyl adjacent to an activating group) is 1. The first kappa shape index (κ1) is 77.4. The third kappa shape index (κ3) is 20.4. The Morgan fingerprint density at radius 3 is 1.15 bits per heavy atom. The number of hydrogen-bond donors (Lipinski definition) is 0. The van der Waals surface area contributed by atoms with E-state index in [4.69, 9.17) is 9.26 Å². The van der Waals surface area contributed by atoms with Crippen molar-refractivity contribution in [3.63, 3.8) is 0 Å². The van der Waals surface area contributed by atoms with Gasteiger partial charge in [-0.05, 0) is 160 Å². The molecular formula is C92H103N13O6. The zero-order valence-corrected chi connectivity index (χ0v) is 64.9. The SMILES string of the molecule is CCN(C(=O)CCCc1ccccc1)c1ccc2c(c1)N(CC1=CCC=N1)CC2.CCN(C(=O)CCc1ccccc1)c1ccc2c(c1)N(CC1=CCC=N1)CC2.CCN(C(=O)Cc1ccccc1)c1ccc2c(c1)N(CC1=CCC=N1)CC2.Cc1cc(COC(=O)N(C)c2ccc3c(c2)N(CC2=CCC=N2)CC3)no1. The Labute approximate surface area is 654 Å². The number of allylic oxidation sites excluding steroid dienone is 4. The highest BCUT2D eigenvalue weighted by atomic mass is 16.6. The molecule has 8 aromatic rings. The molecule has 8 aliphatic heterocycles. The quantitative estimate of drug-likeness (QED) is 0.0504. The van der Waals surface area contributed by atoms with Crippen molar-refractivity contribution in [3.05, 3.63) is 267 Å². The fourth-order valence-corrected chi connectivity index (χ4v) is 15.4. The van der Waals surface area contributed by atoms with E-state index in [0.29, 0.717) is 50.4 Å². The minimum absolute atomic E-state index is 0.0870. The first-order valence-corrected chi connectivity index (χ1v) is 39.6. The van der Waals surface area contributed by atoms with Crippen LogP contribution in [0.3, 0.4) is 0 Å². The van der Waals surface area contributed by atoms with Crippen molar-refractivity contribution in [2.24, 2.45) is 20.0 Å². The van der Waals surface area contributed by atoms with E-state index in [1.807, 2.05) is 120 Å². The highest BCUT2D eigenvalue weighted by molar-refractivity contribution is 5.97. The summed E-state index contributed by atoms with van der Waals surface area (Å²) in [7, 11) is 1.71. The van der Waals surface area contributed by atoms with E-state index < -0.39 is 6.09 Å². The zero-order chi connectivity index (χ0) is 76.8. The molecule has 0 aliphatic carbocycles. The number of ether oxygens (including phenoxy) is 1. The number of aromatic nitrogens is 1. The van der Waals surface area contributed by atoms with E-state index in [1.165, 1.54) is 55.3 Å². The molecule has 0 atom stereocenters. The minimum Gasteiger partial charge on any atom is -0.443 e. The fraction of sp³-hybridized carbons (Fsp3) is 0.337. The monoisotopic (exact) mass is 1490 g/mol. The van der Waals surface area contributed by atoms with Crippen LogP contribution in [0.1, 0.15) is 116 Å². The number of hydrogen-bond acceptors (Lipinski definition) is 15. The Kier molecular flexibility index (Phi) is 26.6. The molecule has 0 saturated carbocycles. The summed E-state index contributed by atoms with van der Waals surface area (Å²) in [5.74, 6) is 1.21. The maximum Gasteiger partial charge on any atom is 0.414 e. The summed E-state index contributed by atoms with van der Waals surface area (Å²) in [4.78, 5) is 85.6. The van der Waals surface area contributed by atoms with E-state index in [-0.39, 0.29) is 24.3 Å². The van der Waals surface area contributed by atoms with Crippen LogP contribution in [0.4, 0.5) is 50.3 Å². The summed E-state index contributed by atoms with van der Waals surface area (Å²) in [6.07, 6.45) is 28.1. The van der Waals surface area contributed by atoms with Crippen LogP contribution in [0.5, 0.6) is 0 Å². The predicted octanol–water partition coefficient (Wildman–Crippen LogP) is 16.7. The fourth-order valence-electron chi connectivity index (χ4n) is 15.4. The first-order chi connectivity index (χ1) is 54.3. The lowest BCUT2D eigenvalue weighted by atomic mass is 10.1. The topological polar surface area (TPSA) is 179 Å². The molecular weight excluding hydrogens is 1380 g/mol. The van der Waals surface area contributed by atoms with Gasteiger partial charge in [0.25, 0.3) is 0 Å². The lowest BCUT2D eigenvalue weighted by Gasteiger charge is -2.24. The van der Waals surface area contributed by atoms with Crippen molar-refractivity contribution in [2.75, 3.05) is 118 Å². The lowest BCUT2D eigenvalue weighted by Crippen LogP contribution is -2.32. The van der Waals surface area contributed by atoms with Gasteiger partial charge < -0.3 is 43.6 Å². The second kappa shape index (κ2) is 38.1. The number of carbonyl (C=O) groups is 4. The molecule has 1 aromatic heterocycles. The van der Waals surface area contributed by atoms with Crippen LogP contribution >= 0.6 is 0 Å². The van der Waals surface area contributed by atoms with Crippen LogP contribution in [-0.4, -0.2) is 133 Å². The Hall–Kier alpha value is -11.7. The number of carbonyl (C=O) groups excluding carboxylic acids is 4. The molecule has 0 fully saturated rings. The summed E-state index contributed by atoms with van der Waals surface area (Å²) < 4.78 is 10.3. The summed E-state index contributed by atoms with van der Waals surface area (Å²) in [5, 5.41) is 3.83. The number of aryl methyl sites for hydroxylation is 3. The standard InChI is InChI=1S/C25H29N3O.C24H27N3O.C23H25N3O.C20H22N4O3/c1-2-28(25(29)12-6-10-20-8-4-3-5-9-20)23-14-13-21-15-17-27(24(21)18-23)19-22-11-7-16-26-22;1-2-27(24(28)13-10-19-7-4-3-5-8-19)22-12-11-20-14-16-26(23(20)17-22)18-21-9-6-15-25-21;1-2-26(23(27)15-18-7-4-3-5-8-18)21-11-10-19-12-14-25(22(19)16-21)17-20-9-6-13-24-20;1-14-10-17(22-27-14)13-26-20(25)23(2)18-6-5-15-7-9-24(19(15)11-18)12-16-4-3-8-21-16/h3-5,8-9,11,13-14,16,18H,2,6-7,10,12,15,17,19H2,1H3;3-5,7-9,11-12,15,17H,2,6,10,13-14,16,18H2,1H3;3-5,7-11,13,16H,2,6,12,14-15,17H2,1H3;4-6,8,10-11H,3,7,9,12-13H2,1-2H3. The summed E-state index contributed by atoms with van der Waals surface area (Å²) >= 11 is 0.